The van der Waals surface area contributed by atoms with Crippen LogP contribution in [0.15, 0.2) is 23.8 Å². The summed E-state index contributed by atoms with van der Waals surface area (Å²) in [4.78, 5) is 0. The molecule has 0 aromatic heterocycles. The van der Waals surface area contributed by atoms with Gasteiger partial charge in [0.25, 0.3) is 12.2 Å². The summed E-state index contributed by atoms with van der Waals surface area (Å²) in [6.45, 7) is 0. The average molecular weight is 151 g/mol. The molecule has 0 radical (unpaired) electrons. The van der Waals surface area contributed by atoms with Crippen LogP contribution in [0.1, 0.15) is 0 Å². The summed E-state index contributed by atoms with van der Waals surface area (Å²) in [5, 5.41) is 7.78. The van der Waals surface area contributed by atoms with Crippen LogP contribution in [0.5, 0.6) is 0 Å². The Hall–Kier alpha value is -1.31. The lowest BCUT2D eigenvalue weighted by atomic mass is 10.3. The third-order valence-corrected chi connectivity index (χ3v) is 0.577. The van der Waals surface area contributed by atoms with Crippen LogP contribution < -0.4 is 0 Å². The topological polar surface area (TPSA) is 23.8 Å². The van der Waals surface area contributed by atoms with Crippen molar-refractivity contribution in [1.82, 2.24) is 0 Å². The van der Waals surface area contributed by atoms with Gasteiger partial charge in [0.05, 0.1) is 0 Å². The van der Waals surface area contributed by atoms with Crippen molar-refractivity contribution in [2.45, 2.75) is 0 Å². The van der Waals surface area contributed by atoms with Crippen molar-refractivity contribution in [1.29, 1.82) is 5.26 Å². The van der Waals surface area contributed by atoms with E-state index in [0.717, 1.165) is 6.07 Å². The minimum absolute atomic E-state index is 0.185. The molecule has 0 fully saturated rings. The number of rotatable bonds is 1. The fourth-order valence-corrected chi connectivity index (χ4v) is 0.238. The lowest BCUT2D eigenvalue weighted by Crippen LogP contribution is -1.74. The number of hydrogen-bond donors (Lipinski definition) is 0. The third kappa shape index (κ3) is 2.87. The molecule has 0 N–H and O–H groups in total. The number of halogens is 4. The minimum Gasteiger partial charge on any atom is -0.192 e. The monoisotopic (exact) mass is 151 g/mol. The maximum absolute atomic E-state index is 11.3. The van der Waals surface area contributed by atoms with Gasteiger partial charge in [-0.25, -0.2) is 0 Å². The zero-order valence-electron chi connectivity index (χ0n) is 4.54. The number of allylic oxidation sites excluding steroid dienone is 2. The zero-order valence-corrected chi connectivity index (χ0v) is 4.54. The van der Waals surface area contributed by atoms with E-state index in [4.69, 9.17) is 5.26 Å². The van der Waals surface area contributed by atoms with Gasteiger partial charge >= 0.3 is 0 Å². The largest absolute Gasteiger partial charge is 0.288 e. The molecule has 0 spiro atoms. The molecular formula is C5HF4N. The molecule has 0 saturated carbocycles. The number of hydrogen-bond acceptors (Lipinski definition) is 1. The summed E-state index contributed by atoms with van der Waals surface area (Å²) >= 11 is 0. The van der Waals surface area contributed by atoms with Crippen molar-refractivity contribution in [3.05, 3.63) is 23.8 Å². The van der Waals surface area contributed by atoms with Crippen molar-refractivity contribution in [2.24, 2.45) is 0 Å². The fourth-order valence-electron chi connectivity index (χ4n) is 0.238. The fraction of sp³-hybridized carbons (Fsp3) is 0. The summed E-state index contributed by atoms with van der Waals surface area (Å²) in [6.07, 6.45) is -4.91. The average Bonchev–Trinajstić information content (AvgIpc) is 1.81. The van der Waals surface area contributed by atoms with Crippen molar-refractivity contribution in [2.75, 3.05) is 0 Å². The van der Waals surface area contributed by atoms with Gasteiger partial charge in [-0.2, -0.15) is 22.8 Å². The molecule has 0 amide bonds. The summed E-state index contributed by atoms with van der Waals surface area (Å²) in [5.41, 5.74) is -1.31. The highest BCUT2D eigenvalue weighted by molar-refractivity contribution is 5.33. The van der Waals surface area contributed by atoms with Crippen molar-refractivity contribution < 1.29 is 17.6 Å². The van der Waals surface area contributed by atoms with Gasteiger partial charge in [0.15, 0.2) is 0 Å². The minimum atomic E-state index is -2.41. The second-order valence-corrected chi connectivity index (χ2v) is 1.22. The Morgan fingerprint density at radius 1 is 1.20 bits per heavy atom. The van der Waals surface area contributed by atoms with E-state index >= 15 is 0 Å². The second-order valence-electron chi connectivity index (χ2n) is 1.22. The van der Waals surface area contributed by atoms with Crippen LogP contribution in [-0.4, -0.2) is 0 Å². The molecule has 0 bridgehead atoms. The maximum Gasteiger partial charge on any atom is 0.288 e. The molecule has 0 unspecified atom stereocenters. The van der Waals surface area contributed by atoms with E-state index in [9.17, 15) is 17.6 Å². The molecule has 0 rings (SSSR count). The van der Waals surface area contributed by atoms with Crippen LogP contribution in [0.3, 0.4) is 0 Å². The highest BCUT2D eigenvalue weighted by atomic mass is 19.3. The predicted molar refractivity (Wildman–Crippen MR) is 25.2 cm³/mol. The van der Waals surface area contributed by atoms with E-state index < -0.39 is 17.7 Å². The standard InChI is InChI=1S/C5HF4N/c6-4(7)1-3(2-10)5(8)9/h1H. The van der Waals surface area contributed by atoms with Crippen LogP contribution in [0.4, 0.5) is 17.6 Å². The number of nitrogens with zero attached hydrogens (tertiary/aromatic N) is 1. The molecule has 10 heavy (non-hydrogen) atoms. The molecule has 5 heteroatoms. The SMILES string of the molecule is N#CC(C=C(F)F)=C(F)F. The van der Waals surface area contributed by atoms with Gasteiger partial charge in [0.1, 0.15) is 11.6 Å². The normalized spacial score (nSPS) is 7.90. The Kier molecular flexibility index (Phi) is 3.19. The van der Waals surface area contributed by atoms with Crippen LogP contribution in [0.25, 0.3) is 0 Å². The van der Waals surface area contributed by atoms with Gasteiger partial charge in [0.2, 0.25) is 0 Å². The van der Waals surface area contributed by atoms with Gasteiger partial charge in [-0.3, -0.25) is 0 Å². The first-order valence-corrected chi connectivity index (χ1v) is 2.06. The first-order chi connectivity index (χ1) is 4.57. The molecule has 0 aromatic carbocycles. The highest BCUT2D eigenvalue weighted by Crippen LogP contribution is 2.11. The zero-order chi connectivity index (χ0) is 8.15. The van der Waals surface area contributed by atoms with E-state index in [1.165, 1.54) is 0 Å². The Balaban J connectivity index is 4.62. The van der Waals surface area contributed by atoms with Gasteiger partial charge in [-0.15, -0.1) is 0 Å². The predicted octanol–water partition coefficient (Wildman–Crippen LogP) is 2.44. The quantitative estimate of drug-likeness (QED) is 0.320. The van der Waals surface area contributed by atoms with E-state index in [0.29, 0.717) is 0 Å². The van der Waals surface area contributed by atoms with E-state index in [1.807, 2.05) is 0 Å². The van der Waals surface area contributed by atoms with Crippen LogP contribution in [0, 0.1) is 11.3 Å². The molecule has 1 nitrogen and oxygen atoms in total. The molecule has 0 saturated heterocycles. The Morgan fingerprint density at radius 3 is 1.80 bits per heavy atom. The highest BCUT2D eigenvalue weighted by Gasteiger charge is 2.02. The molecule has 0 aliphatic carbocycles. The molecule has 0 aliphatic rings. The summed E-state index contributed by atoms with van der Waals surface area (Å²) in [6, 6.07) is 0.906. The van der Waals surface area contributed by atoms with Gasteiger partial charge < -0.3 is 0 Å². The van der Waals surface area contributed by atoms with E-state index in [-0.39, 0.29) is 6.08 Å². The molecule has 0 aromatic rings. The molecule has 0 heterocycles. The maximum atomic E-state index is 11.3. The van der Waals surface area contributed by atoms with Crippen molar-refractivity contribution in [3.63, 3.8) is 0 Å². The van der Waals surface area contributed by atoms with Crippen LogP contribution in [0.2, 0.25) is 0 Å². The van der Waals surface area contributed by atoms with E-state index in [1.54, 1.807) is 0 Å². The molecule has 0 atom stereocenters. The van der Waals surface area contributed by atoms with Gasteiger partial charge in [-0.1, -0.05) is 0 Å². The summed E-state index contributed by atoms with van der Waals surface area (Å²) < 4.78 is 45.0. The molecular weight excluding hydrogens is 150 g/mol. The summed E-state index contributed by atoms with van der Waals surface area (Å²) in [5.74, 6) is 0. The Bertz CT molecular complexity index is 214. The summed E-state index contributed by atoms with van der Waals surface area (Å²) in [7, 11) is 0. The Morgan fingerprint density at radius 2 is 1.70 bits per heavy atom. The third-order valence-electron chi connectivity index (χ3n) is 0.577. The lowest BCUT2D eigenvalue weighted by molar-refractivity contribution is 0.406. The number of nitriles is 1. The van der Waals surface area contributed by atoms with Crippen LogP contribution in [-0.2, 0) is 0 Å². The van der Waals surface area contributed by atoms with Crippen molar-refractivity contribution >= 4 is 0 Å². The van der Waals surface area contributed by atoms with Gasteiger partial charge in [0, 0.05) is 6.08 Å². The Labute approximate surface area is 53.9 Å². The first kappa shape index (κ1) is 8.69. The van der Waals surface area contributed by atoms with E-state index in [2.05, 4.69) is 0 Å². The molecule has 0 aliphatic heterocycles. The molecule has 54 valence electrons. The second kappa shape index (κ2) is 3.67. The first-order valence-electron chi connectivity index (χ1n) is 2.06. The smallest absolute Gasteiger partial charge is 0.192 e. The van der Waals surface area contributed by atoms with Crippen LogP contribution >= 0.6 is 0 Å². The van der Waals surface area contributed by atoms with Crippen molar-refractivity contribution in [3.8, 4) is 6.07 Å². The van der Waals surface area contributed by atoms with Gasteiger partial charge in [-0.05, 0) is 0 Å². The lowest BCUT2D eigenvalue weighted by Gasteiger charge is -1.81.